The molecule has 1 fully saturated rings. The van der Waals surface area contributed by atoms with Gasteiger partial charge in [-0.3, -0.25) is 0 Å². The maximum Gasteiger partial charge on any atom is 0.244 e. The number of rotatable bonds is 5. The number of sulfonamides is 1. The third-order valence-corrected chi connectivity index (χ3v) is 7.02. The molecule has 0 spiro atoms. The average Bonchev–Trinajstić information content (AvgIpc) is 3.10. The molecule has 0 radical (unpaired) electrons. The van der Waals surface area contributed by atoms with Crippen LogP contribution in [0.5, 0.6) is 0 Å². The van der Waals surface area contributed by atoms with Crippen LogP contribution in [0.15, 0.2) is 52.5 Å². The van der Waals surface area contributed by atoms with Crippen LogP contribution in [0.4, 0.5) is 4.39 Å². The van der Waals surface area contributed by atoms with Crippen molar-refractivity contribution in [2.24, 2.45) is 0 Å². The third kappa shape index (κ3) is 3.79. The van der Waals surface area contributed by atoms with Crippen molar-refractivity contribution < 1.29 is 12.8 Å². The molecule has 0 saturated carbocycles. The van der Waals surface area contributed by atoms with Crippen molar-refractivity contribution in [2.45, 2.75) is 34.9 Å². The van der Waals surface area contributed by atoms with Gasteiger partial charge in [0.1, 0.15) is 10.7 Å². The molecule has 2 heterocycles. The van der Waals surface area contributed by atoms with Crippen LogP contribution in [-0.4, -0.2) is 30.8 Å². The number of hydrogen-bond donors (Lipinski definition) is 0. The minimum Gasteiger partial charge on any atom is -0.249 e. The summed E-state index contributed by atoms with van der Waals surface area (Å²) in [6, 6.07) is 9.78. The largest absolute Gasteiger partial charge is 0.249 e. The Hall–Kier alpha value is -1.44. The predicted molar refractivity (Wildman–Crippen MR) is 92.9 cm³/mol. The maximum atomic E-state index is 13.3. The van der Waals surface area contributed by atoms with E-state index in [1.165, 1.54) is 34.4 Å². The standard InChI is InChI=1S/C17H19FN2O2S2/c1-13(14-5-4-6-15(18)11-14)23-17-8-7-16(12-19-17)24(21,22)20-9-2-3-10-20/h4-8,11-13H,2-3,9-10H2,1H3. The van der Waals surface area contributed by atoms with Crippen LogP contribution in [0.25, 0.3) is 0 Å². The van der Waals surface area contributed by atoms with E-state index in [0.29, 0.717) is 18.1 Å². The van der Waals surface area contributed by atoms with Crippen molar-refractivity contribution in [1.29, 1.82) is 0 Å². The van der Waals surface area contributed by atoms with E-state index in [9.17, 15) is 12.8 Å². The Labute approximate surface area is 146 Å². The smallest absolute Gasteiger partial charge is 0.244 e. The fraction of sp³-hybridized carbons (Fsp3) is 0.353. The lowest BCUT2D eigenvalue weighted by Gasteiger charge is -2.15. The van der Waals surface area contributed by atoms with Crippen molar-refractivity contribution in [3.63, 3.8) is 0 Å². The van der Waals surface area contributed by atoms with Gasteiger partial charge in [-0.1, -0.05) is 23.9 Å². The van der Waals surface area contributed by atoms with Gasteiger partial charge in [-0.25, -0.2) is 17.8 Å². The fourth-order valence-corrected chi connectivity index (χ4v) is 5.04. The molecule has 2 aromatic rings. The highest BCUT2D eigenvalue weighted by molar-refractivity contribution is 7.99. The number of aromatic nitrogens is 1. The van der Waals surface area contributed by atoms with Crippen molar-refractivity contribution in [1.82, 2.24) is 9.29 Å². The molecule has 0 bridgehead atoms. The van der Waals surface area contributed by atoms with Crippen molar-refractivity contribution in [3.05, 3.63) is 54.0 Å². The number of halogens is 1. The van der Waals surface area contributed by atoms with Gasteiger partial charge in [-0.15, -0.1) is 0 Å². The van der Waals surface area contributed by atoms with Crippen LogP contribution in [0.3, 0.4) is 0 Å². The Kier molecular flexibility index (Phi) is 5.22. The summed E-state index contributed by atoms with van der Waals surface area (Å²) in [7, 11) is -3.43. The zero-order chi connectivity index (χ0) is 17.2. The van der Waals surface area contributed by atoms with Crippen LogP contribution in [0, 0.1) is 5.82 Å². The first-order chi connectivity index (χ1) is 11.5. The van der Waals surface area contributed by atoms with Gasteiger partial charge < -0.3 is 0 Å². The minimum absolute atomic E-state index is 0.0224. The second-order valence-corrected chi connectivity index (χ2v) is 9.06. The predicted octanol–water partition coefficient (Wildman–Crippen LogP) is 3.86. The van der Waals surface area contributed by atoms with Gasteiger partial charge in [0, 0.05) is 24.5 Å². The van der Waals surface area contributed by atoms with Crippen LogP contribution < -0.4 is 0 Å². The number of nitrogens with zero attached hydrogens (tertiary/aromatic N) is 2. The molecule has 1 atom stereocenters. The summed E-state index contributed by atoms with van der Waals surface area (Å²) in [6.45, 7) is 3.13. The molecule has 24 heavy (non-hydrogen) atoms. The number of pyridine rings is 1. The van der Waals surface area contributed by atoms with E-state index in [-0.39, 0.29) is 16.0 Å². The monoisotopic (exact) mass is 366 g/mol. The van der Waals surface area contributed by atoms with Gasteiger partial charge in [0.25, 0.3) is 0 Å². The molecular weight excluding hydrogens is 347 g/mol. The molecule has 128 valence electrons. The summed E-state index contributed by atoms with van der Waals surface area (Å²) in [5, 5.41) is 0.737. The Bertz CT molecular complexity index is 804. The van der Waals surface area contributed by atoms with Crippen LogP contribution in [0.2, 0.25) is 0 Å². The summed E-state index contributed by atoms with van der Waals surface area (Å²) in [5.41, 5.74) is 0.871. The lowest BCUT2D eigenvalue weighted by atomic mass is 10.2. The topological polar surface area (TPSA) is 50.3 Å². The number of benzene rings is 1. The molecule has 1 aromatic heterocycles. The molecular formula is C17H19FN2O2S2. The molecule has 7 heteroatoms. The quantitative estimate of drug-likeness (QED) is 0.754. The lowest BCUT2D eigenvalue weighted by molar-refractivity contribution is 0.477. The highest BCUT2D eigenvalue weighted by Gasteiger charge is 2.27. The van der Waals surface area contributed by atoms with Gasteiger partial charge in [0.15, 0.2) is 0 Å². The van der Waals surface area contributed by atoms with Crippen LogP contribution >= 0.6 is 11.8 Å². The Morgan fingerprint density at radius 3 is 2.58 bits per heavy atom. The summed E-state index contributed by atoms with van der Waals surface area (Å²) in [4.78, 5) is 4.50. The van der Waals surface area contributed by atoms with E-state index < -0.39 is 10.0 Å². The zero-order valence-electron chi connectivity index (χ0n) is 13.4. The number of hydrogen-bond acceptors (Lipinski definition) is 4. The maximum absolute atomic E-state index is 13.3. The second-order valence-electron chi connectivity index (χ2n) is 5.76. The SMILES string of the molecule is CC(Sc1ccc(S(=O)(=O)N2CCCC2)cn1)c1cccc(F)c1. The number of thioether (sulfide) groups is 1. The fourth-order valence-electron chi connectivity index (χ4n) is 2.68. The van der Waals surface area contributed by atoms with E-state index in [4.69, 9.17) is 0 Å². The normalized spacial score (nSPS) is 17.1. The van der Waals surface area contributed by atoms with Crippen LogP contribution in [-0.2, 0) is 10.0 Å². The molecule has 0 amide bonds. The van der Waals surface area contributed by atoms with Crippen LogP contribution in [0.1, 0.15) is 30.6 Å². The Morgan fingerprint density at radius 2 is 1.96 bits per heavy atom. The van der Waals surface area contributed by atoms with Crippen molar-refractivity contribution >= 4 is 21.8 Å². The molecule has 1 aliphatic rings. The van der Waals surface area contributed by atoms with Gasteiger partial charge >= 0.3 is 0 Å². The summed E-state index contributed by atoms with van der Waals surface area (Å²) >= 11 is 1.47. The molecule has 1 aromatic carbocycles. The van der Waals surface area contributed by atoms with Gasteiger partial charge in [0.05, 0.1) is 5.03 Å². The zero-order valence-corrected chi connectivity index (χ0v) is 15.0. The highest BCUT2D eigenvalue weighted by Crippen LogP contribution is 2.34. The van der Waals surface area contributed by atoms with E-state index in [2.05, 4.69) is 4.98 Å². The first-order valence-electron chi connectivity index (χ1n) is 7.85. The minimum atomic E-state index is -3.43. The third-order valence-electron chi connectivity index (χ3n) is 4.03. The van der Waals surface area contributed by atoms with E-state index in [0.717, 1.165) is 18.4 Å². The molecule has 3 rings (SSSR count). The first kappa shape index (κ1) is 17.4. The second kappa shape index (κ2) is 7.21. The molecule has 0 N–H and O–H groups in total. The Morgan fingerprint density at radius 1 is 1.21 bits per heavy atom. The lowest BCUT2D eigenvalue weighted by Crippen LogP contribution is -2.27. The van der Waals surface area contributed by atoms with E-state index >= 15 is 0 Å². The molecule has 4 nitrogen and oxygen atoms in total. The first-order valence-corrected chi connectivity index (χ1v) is 10.2. The molecule has 1 unspecified atom stereocenters. The van der Waals surface area contributed by atoms with Crippen molar-refractivity contribution in [3.8, 4) is 0 Å². The summed E-state index contributed by atoms with van der Waals surface area (Å²) < 4.78 is 39.7. The van der Waals surface area contributed by atoms with E-state index in [1.807, 2.05) is 13.0 Å². The molecule has 1 aliphatic heterocycles. The summed E-state index contributed by atoms with van der Waals surface area (Å²) in [6.07, 6.45) is 3.23. The average molecular weight is 366 g/mol. The highest BCUT2D eigenvalue weighted by atomic mass is 32.2. The van der Waals surface area contributed by atoms with Crippen molar-refractivity contribution in [2.75, 3.05) is 13.1 Å². The molecule has 0 aliphatic carbocycles. The Balaban J connectivity index is 1.72. The summed E-state index contributed by atoms with van der Waals surface area (Å²) in [5.74, 6) is -0.264. The van der Waals surface area contributed by atoms with E-state index in [1.54, 1.807) is 18.2 Å². The van der Waals surface area contributed by atoms with Gasteiger partial charge in [0.2, 0.25) is 10.0 Å². The van der Waals surface area contributed by atoms with Gasteiger partial charge in [-0.05, 0) is 49.6 Å². The van der Waals surface area contributed by atoms with Gasteiger partial charge in [-0.2, -0.15) is 4.31 Å². The molecule has 1 saturated heterocycles.